The largest absolute Gasteiger partial charge is 0.318 e. The van der Waals surface area contributed by atoms with E-state index in [4.69, 9.17) is 0 Å². The molecule has 150 valence electrons. The number of amides is 2. The van der Waals surface area contributed by atoms with Crippen LogP contribution in [0.5, 0.6) is 0 Å². The molecule has 0 aliphatic heterocycles. The van der Waals surface area contributed by atoms with Crippen LogP contribution in [-0.2, 0) is 0 Å². The summed E-state index contributed by atoms with van der Waals surface area (Å²) in [5.74, 6) is -0.842. The van der Waals surface area contributed by atoms with Crippen LogP contribution in [0.15, 0.2) is 67.0 Å². The number of rotatable bonds is 4. The summed E-state index contributed by atoms with van der Waals surface area (Å²) in [5.41, 5.74) is 9.09. The van der Waals surface area contributed by atoms with Gasteiger partial charge >= 0.3 is 0 Å². The zero-order valence-corrected chi connectivity index (χ0v) is 16.4. The zero-order chi connectivity index (χ0) is 21.1. The van der Waals surface area contributed by atoms with E-state index in [1.807, 2.05) is 48.7 Å². The number of nitrogens with zero attached hydrogens (tertiary/aromatic N) is 5. The Hall–Kier alpha value is -4.27. The lowest BCUT2D eigenvalue weighted by molar-refractivity contribution is 0.0846. The summed E-state index contributed by atoms with van der Waals surface area (Å²) >= 11 is 0. The quantitative estimate of drug-likeness (QED) is 0.510. The highest BCUT2D eigenvalue weighted by molar-refractivity contribution is 6.00. The maximum Gasteiger partial charge on any atom is 0.271 e. The zero-order valence-electron chi connectivity index (χ0n) is 16.4. The predicted molar refractivity (Wildman–Crippen MR) is 109 cm³/mol. The maximum absolute atomic E-state index is 12.7. The summed E-state index contributed by atoms with van der Waals surface area (Å²) in [5, 5.41) is 11.0. The second-order valence-electron chi connectivity index (χ2n) is 6.67. The standard InChI is InChI=1S/C21H19N7O2/c1-14-11-19(15(2)28(14)17-8-4-3-5-9-17)21(30)24-23-20(29)16-7-6-10-18(12-16)27-13-22-25-26-27/h3-13H,1-2H3,(H,23,29)(H,24,30). The van der Waals surface area contributed by atoms with Gasteiger partial charge in [0.1, 0.15) is 6.33 Å². The van der Waals surface area contributed by atoms with Gasteiger partial charge in [0.05, 0.1) is 11.3 Å². The fourth-order valence-electron chi connectivity index (χ4n) is 3.29. The summed E-state index contributed by atoms with van der Waals surface area (Å²) in [6.07, 6.45) is 1.43. The number of aromatic nitrogens is 5. The molecular weight excluding hydrogens is 382 g/mol. The Balaban J connectivity index is 1.48. The van der Waals surface area contributed by atoms with Gasteiger partial charge in [0, 0.05) is 22.6 Å². The Morgan fingerprint density at radius 1 is 0.867 bits per heavy atom. The molecule has 0 bridgehead atoms. The van der Waals surface area contributed by atoms with Crippen LogP contribution in [0.1, 0.15) is 32.1 Å². The first-order valence-electron chi connectivity index (χ1n) is 9.23. The molecule has 0 fully saturated rings. The lowest BCUT2D eigenvalue weighted by Crippen LogP contribution is -2.41. The molecule has 0 saturated carbocycles. The third-order valence-electron chi connectivity index (χ3n) is 4.70. The van der Waals surface area contributed by atoms with E-state index >= 15 is 0 Å². The maximum atomic E-state index is 12.7. The fourth-order valence-corrected chi connectivity index (χ4v) is 3.29. The van der Waals surface area contributed by atoms with Crippen molar-refractivity contribution in [1.29, 1.82) is 0 Å². The van der Waals surface area contributed by atoms with Crippen LogP contribution in [-0.4, -0.2) is 36.6 Å². The number of nitrogens with one attached hydrogen (secondary N) is 2. The van der Waals surface area contributed by atoms with Gasteiger partial charge in [0.2, 0.25) is 0 Å². The van der Waals surface area contributed by atoms with Crippen molar-refractivity contribution >= 4 is 11.8 Å². The van der Waals surface area contributed by atoms with E-state index in [0.717, 1.165) is 17.1 Å². The van der Waals surface area contributed by atoms with E-state index in [9.17, 15) is 9.59 Å². The van der Waals surface area contributed by atoms with Crippen molar-refractivity contribution in [2.75, 3.05) is 0 Å². The highest BCUT2D eigenvalue weighted by Crippen LogP contribution is 2.20. The van der Waals surface area contributed by atoms with Crippen molar-refractivity contribution in [3.63, 3.8) is 0 Å². The summed E-state index contributed by atoms with van der Waals surface area (Å²) < 4.78 is 3.43. The summed E-state index contributed by atoms with van der Waals surface area (Å²) in [7, 11) is 0. The third-order valence-corrected chi connectivity index (χ3v) is 4.70. The molecule has 0 aliphatic rings. The highest BCUT2D eigenvalue weighted by Gasteiger charge is 2.17. The van der Waals surface area contributed by atoms with Crippen LogP contribution in [0.3, 0.4) is 0 Å². The predicted octanol–water partition coefficient (Wildman–Crippen LogP) is 2.14. The average molecular weight is 401 g/mol. The summed E-state index contributed by atoms with van der Waals surface area (Å²) in [6.45, 7) is 3.80. The molecule has 4 rings (SSSR count). The number of benzene rings is 2. The van der Waals surface area contributed by atoms with E-state index in [-0.39, 0.29) is 0 Å². The Morgan fingerprint density at radius 3 is 2.33 bits per heavy atom. The normalized spacial score (nSPS) is 10.6. The number of para-hydroxylation sites is 1. The Labute approximate surface area is 172 Å². The van der Waals surface area contributed by atoms with E-state index < -0.39 is 11.8 Å². The number of hydrogen-bond acceptors (Lipinski definition) is 5. The topological polar surface area (TPSA) is 107 Å². The SMILES string of the molecule is Cc1cc(C(=O)NNC(=O)c2cccc(-n3cnnn3)c2)c(C)n1-c1ccccc1. The molecule has 0 radical (unpaired) electrons. The van der Waals surface area contributed by atoms with Crippen LogP contribution < -0.4 is 10.9 Å². The van der Waals surface area contributed by atoms with Gasteiger partial charge in [-0.3, -0.25) is 20.4 Å². The summed E-state index contributed by atoms with van der Waals surface area (Å²) in [6, 6.07) is 18.3. The van der Waals surface area contributed by atoms with Gasteiger partial charge in [0.15, 0.2) is 0 Å². The van der Waals surface area contributed by atoms with Crippen LogP contribution >= 0.6 is 0 Å². The Bertz CT molecular complexity index is 1200. The van der Waals surface area contributed by atoms with E-state index in [1.165, 1.54) is 11.0 Å². The number of hydrogen-bond donors (Lipinski definition) is 2. The molecule has 2 aromatic carbocycles. The third kappa shape index (κ3) is 3.68. The van der Waals surface area contributed by atoms with E-state index in [2.05, 4.69) is 26.4 Å². The lowest BCUT2D eigenvalue weighted by atomic mass is 10.2. The molecule has 2 amide bonds. The highest BCUT2D eigenvalue weighted by atomic mass is 16.2. The molecular formula is C21H19N7O2. The minimum atomic E-state index is -0.449. The molecule has 2 aromatic heterocycles. The first-order valence-corrected chi connectivity index (χ1v) is 9.23. The summed E-state index contributed by atoms with van der Waals surface area (Å²) in [4.78, 5) is 25.2. The molecule has 2 N–H and O–H groups in total. The first kappa shape index (κ1) is 19.1. The van der Waals surface area contributed by atoms with Gasteiger partial charge in [-0.05, 0) is 60.7 Å². The average Bonchev–Trinajstić information content (AvgIpc) is 3.41. The van der Waals surface area contributed by atoms with Gasteiger partial charge in [-0.25, -0.2) is 4.68 Å². The molecule has 2 heterocycles. The second kappa shape index (κ2) is 8.00. The molecule has 0 saturated heterocycles. The number of carbonyl (C=O) groups is 2. The van der Waals surface area contributed by atoms with Gasteiger partial charge < -0.3 is 4.57 Å². The first-order chi connectivity index (χ1) is 14.5. The molecule has 9 heteroatoms. The Morgan fingerprint density at radius 2 is 1.60 bits per heavy atom. The van der Waals surface area contributed by atoms with Gasteiger partial charge in [-0.1, -0.05) is 24.3 Å². The van der Waals surface area contributed by atoms with Gasteiger partial charge in [0.25, 0.3) is 11.8 Å². The number of hydrazine groups is 1. The number of carbonyl (C=O) groups excluding carboxylic acids is 2. The van der Waals surface area contributed by atoms with Gasteiger partial charge in [-0.15, -0.1) is 5.10 Å². The van der Waals surface area contributed by atoms with Crippen molar-refractivity contribution in [2.45, 2.75) is 13.8 Å². The van der Waals surface area contributed by atoms with Crippen molar-refractivity contribution in [2.24, 2.45) is 0 Å². The fraction of sp³-hybridized carbons (Fsp3) is 0.0952. The minimum absolute atomic E-state index is 0.359. The molecule has 0 atom stereocenters. The van der Waals surface area contributed by atoms with Crippen molar-refractivity contribution in [3.05, 3.63) is 89.5 Å². The molecule has 30 heavy (non-hydrogen) atoms. The van der Waals surface area contributed by atoms with E-state index in [1.54, 1.807) is 30.3 Å². The number of tetrazole rings is 1. The van der Waals surface area contributed by atoms with E-state index in [0.29, 0.717) is 16.8 Å². The monoisotopic (exact) mass is 401 g/mol. The van der Waals surface area contributed by atoms with Crippen LogP contribution in [0, 0.1) is 13.8 Å². The van der Waals surface area contributed by atoms with Crippen molar-refractivity contribution in [3.8, 4) is 11.4 Å². The van der Waals surface area contributed by atoms with Crippen LogP contribution in [0.25, 0.3) is 11.4 Å². The van der Waals surface area contributed by atoms with Crippen molar-refractivity contribution < 1.29 is 9.59 Å². The molecule has 4 aromatic rings. The smallest absolute Gasteiger partial charge is 0.271 e. The molecule has 0 spiro atoms. The van der Waals surface area contributed by atoms with Crippen LogP contribution in [0.2, 0.25) is 0 Å². The number of aryl methyl sites for hydroxylation is 1. The molecule has 0 unspecified atom stereocenters. The molecule has 0 aliphatic carbocycles. The molecule has 9 nitrogen and oxygen atoms in total. The van der Waals surface area contributed by atoms with Crippen molar-refractivity contribution in [1.82, 2.24) is 35.6 Å². The Kier molecular flexibility index (Phi) is 5.08. The van der Waals surface area contributed by atoms with Gasteiger partial charge in [-0.2, -0.15) is 0 Å². The second-order valence-corrected chi connectivity index (χ2v) is 6.67. The lowest BCUT2D eigenvalue weighted by Gasteiger charge is -2.10. The van der Waals surface area contributed by atoms with Crippen LogP contribution in [0.4, 0.5) is 0 Å². The minimum Gasteiger partial charge on any atom is -0.318 e.